The lowest BCUT2D eigenvalue weighted by Gasteiger charge is -2.35. The van der Waals surface area contributed by atoms with E-state index in [1.165, 1.54) is 21.3 Å². The number of anilines is 1. The molecule has 1 aliphatic rings. The topological polar surface area (TPSA) is 15.3 Å². The van der Waals surface area contributed by atoms with Gasteiger partial charge < -0.3 is 10.2 Å². The van der Waals surface area contributed by atoms with Gasteiger partial charge in [0.05, 0.1) is 0 Å². The van der Waals surface area contributed by atoms with Crippen LogP contribution in [0.1, 0.15) is 11.1 Å². The number of rotatable bonds is 3. The highest BCUT2D eigenvalue weighted by molar-refractivity contribution is 9.10. The number of halogens is 1. The van der Waals surface area contributed by atoms with E-state index < -0.39 is 0 Å². The second-order valence-electron chi connectivity index (χ2n) is 5.72. The summed E-state index contributed by atoms with van der Waals surface area (Å²) in [5, 5.41) is 3.64. The summed E-state index contributed by atoms with van der Waals surface area (Å²) in [6.07, 6.45) is 1.09. The van der Waals surface area contributed by atoms with Gasteiger partial charge in [-0.05, 0) is 36.6 Å². The van der Waals surface area contributed by atoms with Crippen LogP contribution in [0.3, 0.4) is 0 Å². The Kier molecular flexibility index (Phi) is 4.61. The number of hydrogen-bond acceptors (Lipinski definition) is 2. The summed E-state index contributed by atoms with van der Waals surface area (Å²) in [4.78, 5) is 2.48. The van der Waals surface area contributed by atoms with Crippen molar-refractivity contribution < 1.29 is 0 Å². The molecule has 3 heteroatoms. The monoisotopic (exact) mass is 344 g/mol. The Hall–Kier alpha value is -1.32. The van der Waals surface area contributed by atoms with Crippen molar-refractivity contribution in [2.45, 2.75) is 19.4 Å². The lowest BCUT2D eigenvalue weighted by atomic mass is 10.0. The third-order valence-electron chi connectivity index (χ3n) is 4.10. The lowest BCUT2D eigenvalue weighted by Crippen LogP contribution is -2.51. The Morgan fingerprint density at radius 1 is 1.19 bits per heavy atom. The van der Waals surface area contributed by atoms with Gasteiger partial charge in [0.15, 0.2) is 0 Å². The molecule has 2 aromatic carbocycles. The van der Waals surface area contributed by atoms with Gasteiger partial charge in [-0.25, -0.2) is 0 Å². The van der Waals surface area contributed by atoms with Crippen LogP contribution in [0, 0.1) is 6.92 Å². The molecule has 1 N–H and O–H groups in total. The first kappa shape index (κ1) is 14.6. The molecule has 1 aliphatic heterocycles. The fourth-order valence-electron chi connectivity index (χ4n) is 2.87. The Bertz CT molecular complexity index is 597. The summed E-state index contributed by atoms with van der Waals surface area (Å²) in [6.45, 7) is 5.30. The SMILES string of the molecule is Cc1ccc(N2CCNC(Cc3ccccc3)C2)cc1Br. The lowest BCUT2D eigenvalue weighted by molar-refractivity contribution is 0.455. The number of benzene rings is 2. The Balaban J connectivity index is 1.69. The van der Waals surface area contributed by atoms with Gasteiger partial charge in [-0.2, -0.15) is 0 Å². The molecule has 3 rings (SSSR count). The predicted octanol–water partition coefficient (Wildman–Crippen LogP) is 3.78. The van der Waals surface area contributed by atoms with Crippen LogP contribution in [-0.4, -0.2) is 25.7 Å². The van der Waals surface area contributed by atoms with E-state index in [0.717, 1.165) is 26.1 Å². The third-order valence-corrected chi connectivity index (χ3v) is 4.96. The summed E-state index contributed by atoms with van der Waals surface area (Å²) in [7, 11) is 0. The van der Waals surface area contributed by atoms with Crippen molar-refractivity contribution >= 4 is 21.6 Å². The molecule has 0 aliphatic carbocycles. The molecule has 0 spiro atoms. The van der Waals surface area contributed by atoms with Gasteiger partial charge in [0, 0.05) is 35.8 Å². The Labute approximate surface area is 135 Å². The zero-order valence-corrected chi connectivity index (χ0v) is 13.9. The standard InChI is InChI=1S/C18H21BrN2/c1-14-7-8-17(12-18(14)19)21-10-9-20-16(13-21)11-15-5-3-2-4-6-15/h2-8,12,16,20H,9-11,13H2,1H3. The average molecular weight is 345 g/mol. The van der Waals surface area contributed by atoms with E-state index in [4.69, 9.17) is 0 Å². The maximum Gasteiger partial charge on any atom is 0.0378 e. The minimum absolute atomic E-state index is 0.515. The van der Waals surface area contributed by atoms with E-state index in [0.29, 0.717) is 6.04 Å². The van der Waals surface area contributed by atoms with E-state index in [2.05, 4.69) is 81.6 Å². The van der Waals surface area contributed by atoms with Crippen molar-refractivity contribution in [2.75, 3.05) is 24.5 Å². The molecule has 0 saturated carbocycles. The third kappa shape index (κ3) is 3.66. The first-order valence-corrected chi connectivity index (χ1v) is 8.30. The second kappa shape index (κ2) is 6.63. The van der Waals surface area contributed by atoms with Crippen LogP contribution in [0.25, 0.3) is 0 Å². The van der Waals surface area contributed by atoms with Crippen LogP contribution in [0.15, 0.2) is 53.0 Å². The zero-order valence-electron chi connectivity index (χ0n) is 12.3. The number of piperazine rings is 1. The van der Waals surface area contributed by atoms with Gasteiger partial charge in [-0.1, -0.05) is 52.3 Å². The molecule has 2 aromatic rings. The molecule has 0 bridgehead atoms. The van der Waals surface area contributed by atoms with E-state index >= 15 is 0 Å². The zero-order chi connectivity index (χ0) is 14.7. The molecule has 1 unspecified atom stereocenters. The molecule has 1 saturated heterocycles. The van der Waals surface area contributed by atoms with Gasteiger partial charge >= 0.3 is 0 Å². The second-order valence-corrected chi connectivity index (χ2v) is 6.57. The maximum absolute atomic E-state index is 3.64. The Morgan fingerprint density at radius 2 is 2.00 bits per heavy atom. The van der Waals surface area contributed by atoms with Crippen LogP contribution >= 0.6 is 15.9 Å². The highest BCUT2D eigenvalue weighted by Crippen LogP contribution is 2.24. The number of hydrogen-bond donors (Lipinski definition) is 1. The number of nitrogens with zero attached hydrogens (tertiary/aromatic N) is 1. The molecule has 110 valence electrons. The van der Waals surface area contributed by atoms with Gasteiger partial charge in [0.2, 0.25) is 0 Å². The average Bonchev–Trinajstić information content (AvgIpc) is 2.51. The molecular formula is C18H21BrN2. The molecular weight excluding hydrogens is 324 g/mol. The van der Waals surface area contributed by atoms with Crippen molar-refractivity contribution in [1.29, 1.82) is 0 Å². The normalized spacial score (nSPS) is 18.8. The number of nitrogens with one attached hydrogen (secondary N) is 1. The van der Waals surface area contributed by atoms with Crippen molar-refractivity contribution in [3.63, 3.8) is 0 Å². The highest BCUT2D eigenvalue weighted by atomic mass is 79.9. The van der Waals surface area contributed by atoms with E-state index in [1.807, 2.05) is 0 Å². The summed E-state index contributed by atoms with van der Waals surface area (Å²) in [5.74, 6) is 0. The fraction of sp³-hybridized carbons (Fsp3) is 0.333. The van der Waals surface area contributed by atoms with Crippen LogP contribution in [-0.2, 0) is 6.42 Å². The quantitative estimate of drug-likeness (QED) is 0.911. The highest BCUT2D eigenvalue weighted by Gasteiger charge is 2.20. The van der Waals surface area contributed by atoms with Crippen LogP contribution in [0.4, 0.5) is 5.69 Å². The van der Waals surface area contributed by atoms with E-state index in [9.17, 15) is 0 Å². The predicted molar refractivity (Wildman–Crippen MR) is 93.0 cm³/mol. The summed E-state index contributed by atoms with van der Waals surface area (Å²) < 4.78 is 1.19. The first-order valence-electron chi connectivity index (χ1n) is 7.51. The molecule has 0 aromatic heterocycles. The van der Waals surface area contributed by atoms with Gasteiger partial charge in [0.1, 0.15) is 0 Å². The van der Waals surface area contributed by atoms with Crippen molar-refractivity contribution in [3.8, 4) is 0 Å². The van der Waals surface area contributed by atoms with E-state index in [-0.39, 0.29) is 0 Å². The maximum atomic E-state index is 3.64. The summed E-state index contributed by atoms with van der Waals surface area (Å²) in [6, 6.07) is 17.9. The molecule has 1 fully saturated rings. The van der Waals surface area contributed by atoms with E-state index in [1.54, 1.807) is 0 Å². The van der Waals surface area contributed by atoms with Crippen LogP contribution in [0.5, 0.6) is 0 Å². The number of aryl methyl sites for hydroxylation is 1. The molecule has 21 heavy (non-hydrogen) atoms. The fourth-order valence-corrected chi connectivity index (χ4v) is 3.24. The molecule has 1 heterocycles. The van der Waals surface area contributed by atoms with Crippen molar-refractivity contribution in [3.05, 3.63) is 64.1 Å². The first-order chi connectivity index (χ1) is 10.2. The summed E-state index contributed by atoms with van der Waals surface area (Å²) in [5.41, 5.74) is 4.00. The largest absolute Gasteiger partial charge is 0.369 e. The molecule has 0 radical (unpaired) electrons. The van der Waals surface area contributed by atoms with Gasteiger partial charge in [0.25, 0.3) is 0 Å². The molecule has 0 amide bonds. The smallest absolute Gasteiger partial charge is 0.0378 e. The van der Waals surface area contributed by atoms with Crippen LogP contribution < -0.4 is 10.2 Å². The minimum atomic E-state index is 0.515. The molecule has 1 atom stereocenters. The molecule has 2 nitrogen and oxygen atoms in total. The van der Waals surface area contributed by atoms with Gasteiger partial charge in [-0.3, -0.25) is 0 Å². The minimum Gasteiger partial charge on any atom is -0.369 e. The van der Waals surface area contributed by atoms with Crippen molar-refractivity contribution in [2.24, 2.45) is 0 Å². The summed E-state index contributed by atoms with van der Waals surface area (Å²) >= 11 is 3.64. The van der Waals surface area contributed by atoms with Crippen molar-refractivity contribution in [1.82, 2.24) is 5.32 Å². The Morgan fingerprint density at radius 3 is 2.76 bits per heavy atom. The van der Waals surface area contributed by atoms with Crippen LogP contribution in [0.2, 0.25) is 0 Å². The van der Waals surface area contributed by atoms with Gasteiger partial charge in [-0.15, -0.1) is 0 Å².